The molecule has 1 aliphatic rings. The second-order valence-corrected chi connectivity index (χ2v) is 14.5. The molecule has 0 radical (unpaired) electrons. The summed E-state index contributed by atoms with van der Waals surface area (Å²) in [4.78, 5) is 2.40. The summed E-state index contributed by atoms with van der Waals surface area (Å²) in [7, 11) is 0. The summed E-state index contributed by atoms with van der Waals surface area (Å²) >= 11 is 0. The summed E-state index contributed by atoms with van der Waals surface area (Å²) < 4.78 is 2.39. The lowest BCUT2D eigenvalue weighted by Gasteiger charge is -2.34. The lowest BCUT2D eigenvalue weighted by atomic mass is 9.67. The van der Waals surface area contributed by atoms with E-state index < -0.39 is 5.41 Å². The molecule has 0 atom stereocenters. The molecule has 258 valence electrons. The molecule has 2 nitrogen and oxygen atoms in total. The zero-order valence-corrected chi connectivity index (χ0v) is 30.2. The number of nitrogens with zero attached hydrogens (tertiary/aromatic N) is 2. The number of rotatable bonds is 6. The van der Waals surface area contributed by atoms with Gasteiger partial charge in [0.25, 0.3) is 0 Å². The minimum absolute atomic E-state index is 0.451. The van der Waals surface area contributed by atoms with E-state index in [1.807, 2.05) is 0 Å². The van der Waals surface area contributed by atoms with Crippen molar-refractivity contribution in [3.8, 4) is 16.8 Å². The number of anilines is 3. The third-order valence-electron chi connectivity index (χ3n) is 11.6. The first-order chi connectivity index (χ1) is 27.3. The molecule has 0 amide bonds. The number of hydrogen-bond acceptors (Lipinski definition) is 1. The van der Waals surface area contributed by atoms with Gasteiger partial charge in [-0.1, -0.05) is 152 Å². The van der Waals surface area contributed by atoms with E-state index in [-0.39, 0.29) is 0 Å². The van der Waals surface area contributed by atoms with Gasteiger partial charge in [0.05, 0.1) is 16.4 Å². The van der Waals surface area contributed by atoms with Crippen LogP contribution in [0.5, 0.6) is 0 Å². The van der Waals surface area contributed by atoms with Crippen LogP contribution in [0, 0.1) is 0 Å². The van der Waals surface area contributed by atoms with Crippen LogP contribution in [0.4, 0.5) is 17.1 Å². The lowest BCUT2D eigenvalue weighted by Crippen LogP contribution is -2.28. The number of fused-ring (bicyclic) bond motifs is 7. The predicted octanol–water partition coefficient (Wildman–Crippen LogP) is 13.8. The maximum Gasteiger partial charge on any atom is 0.0713 e. The van der Waals surface area contributed by atoms with E-state index in [1.54, 1.807) is 0 Å². The highest BCUT2D eigenvalue weighted by molar-refractivity contribution is 6.10. The Morgan fingerprint density at radius 2 is 0.927 bits per heavy atom. The first-order valence-electron chi connectivity index (χ1n) is 19.0. The molecule has 0 aliphatic heterocycles. The van der Waals surface area contributed by atoms with Gasteiger partial charge in [-0.3, -0.25) is 0 Å². The van der Waals surface area contributed by atoms with Crippen LogP contribution in [0.25, 0.3) is 49.4 Å². The van der Waals surface area contributed by atoms with Crippen LogP contribution in [0.1, 0.15) is 22.3 Å². The summed E-state index contributed by atoms with van der Waals surface area (Å²) in [5, 5.41) is 4.92. The third kappa shape index (κ3) is 4.75. The van der Waals surface area contributed by atoms with Crippen molar-refractivity contribution in [2.45, 2.75) is 5.41 Å². The Balaban J connectivity index is 1.15. The van der Waals surface area contributed by atoms with Crippen molar-refractivity contribution in [2.75, 3.05) is 4.90 Å². The fourth-order valence-electron chi connectivity index (χ4n) is 9.29. The van der Waals surface area contributed by atoms with E-state index in [0.29, 0.717) is 0 Å². The molecule has 0 spiro atoms. The van der Waals surface area contributed by atoms with Crippen LogP contribution in [0.15, 0.2) is 218 Å². The summed E-state index contributed by atoms with van der Waals surface area (Å²) in [6, 6.07) is 80.0. The first kappa shape index (κ1) is 31.4. The van der Waals surface area contributed by atoms with Gasteiger partial charge in [0.2, 0.25) is 0 Å². The summed E-state index contributed by atoms with van der Waals surface area (Å²) in [6.45, 7) is 0. The Labute approximate surface area is 320 Å². The molecule has 0 unspecified atom stereocenters. The van der Waals surface area contributed by atoms with Gasteiger partial charge in [-0.25, -0.2) is 0 Å². The van der Waals surface area contributed by atoms with E-state index in [1.165, 1.54) is 66.0 Å². The molecule has 2 heteroatoms. The molecule has 1 aliphatic carbocycles. The van der Waals surface area contributed by atoms with Crippen molar-refractivity contribution in [1.29, 1.82) is 0 Å². The van der Waals surface area contributed by atoms with E-state index in [9.17, 15) is 0 Å². The molecule has 11 rings (SSSR count). The molecular weight excluding hydrogens is 665 g/mol. The van der Waals surface area contributed by atoms with Gasteiger partial charge >= 0.3 is 0 Å². The molecule has 9 aromatic carbocycles. The molecule has 1 aromatic heterocycles. The van der Waals surface area contributed by atoms with Crippen LogP contribution >= 0.6 is 0 Å². The van der Waals surface area contributed by atoms with Crippen LogP contribution < -0.4 is 4.90 Å². The second kappa shape index (κ2) is 12.5. The first-order valence-corrected chi connectivity index (χ1v) is 19.0. The van der Waals surface area contributed by atoms with Gasteiger partial charge in [-0.15, -0.1) is 0 Å². The van der Waals surface area contributed by atoms with Gasteiger partial charge in [0.1, 0.15) is 0 Å². The normalized spacial score (nSPS) is 12.9. The van der Waals surface area contributed by atoms with Crippen LogP contribution in [-0.2, 0) is 5.41 Å². The highest BCUT2D eigenvalue weighted by Gasteiger charge is 2.46. The van der Waals surface area contributed by atoms with Crippen LogP contribution in [-0.4, -0.2) is 4.57 Å². The molecule has 10 aromatic rings. The Morgan fingerprint density at radius 1 is 0.345 bits per heavy atom. The fraction of sp³-hybridized carbons (Fsp3) is 0.0189. The van der Waals surface area contributed by atoms with Gasteiger partial charge in [-0.05, 0) is 111 Å². The Hall–Kier alpha value is -7.16. The van der Waals surface area contributed by atoms with Crippen LogP contribution in [0.3, 0.4) is 0 Å². The maximum absolute atomic E-state index is 2.47. The second-order valence-electron chi connectivity index (χ2n) is 14.5. The van der Waals surface area contributed by atoms with E-state index >= 15 is 0 Å². The summed E-state index contributed by atoms with van der Waals surface area (Å²) in [5.41, 5.74) is 14.2. The van der Waals surface area contributed by atoms with Gasteiger partial charge < -0.3 is 9.47 Å². The zero-order chi connectivity index (χ0) is 36.3. The minimum Gasteiger partial charge on any atom is -0.310 e. The molecule has 0 saturated heterocycles. The quantitative estimate of drug-likeness (QED) is 0.168. The number of aromatic nitrogens is 1. The largest absolute Gasteiger partial charge is 0.310 e. The molecule has 0 N–H and O–H groups in total. The van der Waals surface area contributed by atoms with Crippen molar-refractivity contribution in [2.24, 2.45) is 0 Å². The molecule has 55 heavy (non-hydrogen) atoms. The highest BCUT2D eigenvalue weighted by atomic mass is 15.1. The average Bonchev–Trinajstić information content (AvgIpc) is 3.74. The van der Waals surface area contributed by atoms with Crippen molar-refractivity contribution >= 4 is 49.6 Å². The molecule has 1 heterocycles. The molecule has 0 saturated carbocycles. The maximum atomic E-state index is 2.47. The lowest BCUT2D eigenvalue weighted by molar-refractivity contribution is 0.769. The number of benzene rings is 9. The van der Waals surface area contributed by atoms with Crippen molar-refractivity contribution in [3.63, 3.8) is 0 Å². The smallest absolute Gasteiger partial charge is 0.0713 e. The Bertz CT molecular complexity index is 2980. The van der Waals surface area contributed by atoms with Crippen molar-refractivity contribution in [1.82, 2.24) is 4.57 Å². The van der Waals surface area contributed by atoms with Gasteiger partial charge in [0, 0.05) is 33.5 Å². The standard InChI is InChI=1S/C53H36N2/c1-5-17-39(18-6-1)53(40-19-7-2-8-20-40)49-27-15-13-25-45(49)48-34-37-29-30-43(33-38(37)35-50(48)53)54(41-21-9-3-10-22-41)44-31-32-47-46-26-14-16-28-51(46)55(52(47)36-44)42-23-11-4-12-24-42/h1-36H. The van der Waals surface area contributed by atoms with E-state index in [0.717, 1.165) is 22.7 Å². The van der Waals surface area contributed by atoms with Crippen molar-refractivity contribution in [3.05, 3.63) is 241 Å². The third-order valence-corrected chi connectivity index (χ3v) is 11.6. The molecule has 0 bridgehead atoms. The van der Waals surface area contributed by atoms with E-state index in [4.69, 9.17) is 0 Å². The fourth-order valence-corrected chi connectivity index (χ4v) is 9.29. The molecule has 0 fully saturated rings. The Morgan fingerprint density at radius 3 is 1.67 bits per heavy atom. The van der Waals surface area contributed by atoms with Crippen molar-refractivity contribution < 1.29 is 0 Å². The number of hydrogen-bond donors (Lipinski definition) is 0. The minimum atomic E-state index is -0.451. The molecular formula is C53H36N2. The topological polar surface area (TPSA) is 8.17 Å². The summed E-state index contributed by atoms with van der Waals surface area (Å²) in [6.07, 6.45) is 0. The monoisotopic (exact) mass is 700 g/mol. The van der Waals surface area contributed by atoms with Gasteiger partial charge in [-0.2, -0.15) is 0 Å². The SMILES string of the molecule is c1ccc(N(c2ccc3cc4c(cc3c2)C(c2ccccc2)(c2ccccc2)c2ccccc2-4)c2ccc3c4ccccc4n(-c4ccccc4)c3c2)cc1. The summed E-state index contributed by atoms with van der Waals surface area (Å²) in [5.74, 6) is 0. The highest BCUT2D eigenvalue weighted by Crippen LogP contribution is 2.57. The Kier molecular flexibility index (Phi) is 7.11. The zero-order valence-electron chi connectivity index (χ0n) is 30.2. The predicted molar refractivity (Wildman–Crippen MR) is 230 cm³/mol. The van der Waals surface area contributed by atoms with E-state index in [2.05, 4.69) is 228 Å². The van der Waals surface area contributed by atoms with Gasteiger partial charge in [0.15, 0.2) is 0 Å². The average molecular weight is 701 g/mol. The van der Waals surface area contributed by atoms with Crippen LogP contribution in [0.2, 0.25) is 0 Å². The number of para-hydroxylation sites is 3.